The molecule has 0 bridgehead atoms. The highest BCUT2D eigenvalue weighted by molar-refractivity contribution is 4.49. The molecule has 0 atom stereocenters. The Morgan fingerprint density at radius 3 is 0.786 bits per heavy atom. The Bertz CT molecular complexity index is 221. The van der Waals surface area contributed by atoms with Crippen molar-refractivity contribution in [1.29, 1.82) is 0 Å². The molecule has 172 valence electrons. The number of rotatable bonds is 24. The third kappa shape index (κ3) is 28.5. The van der Waals surface area contributed by atoms with Crippen LogP contribution in [-0.4, -0.2) is 13.1 Å². The number of hydrogen-bond donors (Lipinski definition) is 1. The molecule has 0 fully saturated rings. The van der Waals surface area contributed by atoms with Crippen LogP contribution in [0.1, 0.15) is 155 Å². The fraction of sp³-hybridized carbons (Fsp3) is 1.00. The molecule has 0 saturated carbocycles. The molecule has 0 amide bonds. The fourth-order valence-corrected chi connectivity index (χ4v) is 4.05. The summed E-state index contributed by atoms with van der Waals surface area (Å²) in [7, 11) is 0. The lowest BCUT2D eigenvalue weighted by Gasteiger charge is -2.04. The molecule has 0 aliphatic rings. The minimum atomic E-state index is 0. The predicted molar refractivity (Wildman–Crippen MR) is 125 cm³/mol. The molecule has 0 rings (SSSR count). The van der Waals surface area contributed by atoms with Crippen molar-refractivity contribution in [3.05, 3.63) is 0 Å². The van der Waals surface area contributed by atoms with Gasteiger partial charge < -0.3 is 17.7 Å². The summed E-state index contributed by atoms with van der Waals surface area (Å²) >= 11 is 0. The molecule has 0 saturated heterocycles. The minimum absolute atomic E-state index is 0. The second-order valence-electron chi connectivity index (χ2n) is 8.94. The molecule has 1 nitrogen and oxygen atoms in total. The molecular weight excluding hydrogens is 362 g/mol. The number of quaternary nitrogens is 1. The Kier molecular flexibility index (Phi) is 32.0. The third-order valence-electron chi connectivity index (χ3n) is 6.02. The SMILES string of the molecule is CCCCCCCCCCCCCC[NH2+]CCCCCCCCCCCC.[Cl-]. The van der Waals surface area contributed by atoms with Crippen LogP contribution in [0, 0.1) is 0 Å². The zero-order valence-electron chi connectivity index (χ0n) is 19.9. The van der Waals surface area contributed by atoms with Gasteiger partial charge in [-0.3, -0.25) is 0 Å². The standard InChI is InChI=1S/C26H55N.ClH/c1-3-5-7-9-11-13-15-16-18-20-22-24-26-27-25-23-21-19-17-14-12-10-8-6-4-2;/h27H,3-26H2,1-2H3;1H. The van der Waals surface area contributed by atoms with Crippen LogP contribution in [0.15, 0.2) is 0 Å². The van der Waals surface area contributed by atoms with Gasteiger partial charge in [0.05, 0.1) is 13.1 Å². The Morgan fingerprint density at radius 2 is 0.536 bits per heavy atom. The highest BCUT2D eigenvalue weighted by atomic mass is 35.5. The fourth-order valence-electron chi connectivity index (χ4n) is 4.05. The highest BCUT2D eigenvalue weighted by Crippen LogP contribution is 2.12. The molecule has 2 N–H and O–H groups in total. The van der Waals surface area contributed by atoms with Crippen molar-refractivity contribution < 1.29 is 17.7 Å². The van der Waals surface area contributed by atoms with Crippen LogP contribution in [0.25, 0.3) is 0 Å². The van der Waals surface area contributed by atoms with E-state index in [-0.39, 0.29) is 12.4 Å². The van der Waals surface area contributed by atoms with Gasteiger partial charge in [-0.25, -0.2) is 0 Å². The number of halogens is 1. The first-order valence-corrected chi connectivity index (χ1v) is 13.2. The van der Waals surface area contributed by atoms with E-state index in [1.165, 1.54) is 154 Å². The largest absolute Gasteiger partial charge is 1.00 e. The molecule has 0 spiro atoms. The monoisotopic (exact) mass is 417 g/mol. The average molecular weight is 418 g/mol. The molecule has 0 heterocycles. The summed E-state index contributed by atoms with van der Waals surface area (Å²) in [6.45, 7) is 7.34. The normalized spacial score (nSPS) is 10.9. The van der Waals surface area contributed by atoms with Crippen LogP contribution in [0.3, 0.4) is 0 Å². The van der Waals surface area contributed by atoms with Gasteiger partial charge in [-0.05, 0) is 25.7 Å². The van der Waals surface area contributed by atoms with E-state index >= 15 is 0 Å². The molecule has 0 aliphatic carbocycles. The zero-order valence-corrected chi connectivity index (χ0v) is 20.7. The number of hydrogen-bond acceptors (Lipinski definition) is 0. The number of nitrogens with two attached hydrogens (primary N) is 1. The first kappa shape index (κ1) is 30.4. The van der Waals surface area contributed by atoms with Crippen molar-refractivity contribution in [2.24, 2.45) is 0 Å². The van der Waals surface area contributed by atoms with E-state index < -0.39 is 0 Å². The number of unbranched alkanes of at least 4 members (excludes halogenated alkanes) is 20. The smallest absolute Gasteiger partial charge is 0.0755 e. The van der Waals surface area contributed by atoms with Gasteiger partial charge in [0, 0.05) is 0 Å². The summed E-state index contributed by atoms with van der Waals surface area (Å²) in [6, 6.07) is 0. The summed E-state index contributed by atoms with van der Waals surface area (Å²) in [6.07, 6.45) is 32.1. The maximum absolute atomic E-state index is 2.57. The lowest BCUT2D eigenvalue weighted by Crippen LogP contribution is -3.00. The molecule has 0 unspecified atom stereocenters. The van der Waals surface area contributed by atoms with Crippen LogP contribution in [0.2, 0.25) is 0 Å². The molecule has 28 heavy (non-hydrogen) atoms. The van der Waals surface area contributed by atoms with Gasteiger partial charge in [-0.2, -0.15) is 0 Å². The Balaban J connectivity index is 0. The van der Waals surface area contributed by atoms with E-state index in [0.717, 1.165) is 0 Å². The van der Waals surface area contributed by atoms with Crippen LogP contribution in [-0.2, 0) is 0 Å². The maximum Gasteiger partial charge on any atom is 0.0755 e. The van der Waals surface area contributed by atoms with Gasteiger partial charge in [0.15, 0.2) is 0 Å². The van der Waals surface area contributed by atoms with Crippen molar-refractivity contribution in [2.45, 2.75) is 155 Å². The minimum Gasteiger partial charge on any atom is -1.00 e. The van der Waals surface area contributed by atoms with Crippen molar-refractivity contribution in [3.8, 4) is 0 Å². The van der Waals surface area contributed by atoms with Gasteiger partial charge in [-0.1, -0.05) is 129 Å². The summed E-state index contributed by atoms with van der Waals surface area (Å²) in [4.78, 5) is 0. The van der Waals surface area contributed by atoms with Crippen LogP contribution in [0.5, 0.6) is 0 Å². The quantitative estimate of drug-likeness (QED) is 0.208. The van der Waals surface area contributed by atoms with E-state index in [1.807, 2.05) is 0 Å². The molecule has 0 aromatic heterocycles. The van der Waals surface area contributed by atoms with E-state index in [4.69, 9.17) is 0 Å². The lowest BCUT2D eigenvalue weighted by atomic mass is 10.1. The first-order chi connectivity index (χ1) is 13.4. The Labute approximate surface area is 186 Å². The maximum atomic E-state index is 2.57. The lowest BCUT2D eigenvalue weighted by molar-refractivity contribution is -0.655. The first-order valence-electron chi connectivity index (χ1n) is 13.2. The zero-order chi connectivity index (χ0) is 19.7. The van der Waals surface area contributed by atoms with Gasteiger partial charge >= 0.3 is 0 Å². The van der Waals surface area contributed by atoms with E-state index in [9.17, 15) is 0 Å². The van der Waals surface area contributed by atoms with Crippen LogP contribution in [0.4, 0.5) is 0 Å². The van der Waals surface area contributed by atoms with Crippen molar-refractivity contribution >= 4 is 0 Å². The van der Waals surface area contributed by atoms with Gasteiger partial charge in [0.2, 0.25) is 0 Å². The highest BCUT2D eigenvalue weighted by Gasteiger charge is 1.96. The predicted octanol–water partition coefficient (Wildman–Crippen LogP) is 5.18. The molecule has 0 aromatic carbocycles. The van der Waals surface area contributed by atoms with E-state index in [2.05, 4.69) is 19.2 Å². The summed E-state index contributed by atoms with van der Waals surface area (Å²) in [5, 5.41) is 2.57. The summed E-state index contributed by atoms with van der Waals surface area (Å²) < 4.78 is 0. The van der Waals surface area contributed by atoms with Crippen molar-refractivity contribution in [1.82, 2.24) is 0 Å². The molecule has 2 heteroatoms. The van der Waals surface area contributed by atoms with Gasteiger partial charge in [0.1, 0.15) is 0 Å². The molecule has 0 aromatic rings. The molecule has 0 radical (unpaired) electrons. The summed E-state index contributed by atoms with van der Waals surface area (Å²) in [5.41, 5.74) is 0. The molecular formula is C26H56ClN. The average Bonchev–Trinajstić information content (AvgIpc) is 2.68. The van der Waals surface area contributed by atoms with Crippen molar-refractivity contribution in [2.75, 3.05) is 13.1 Å². The van der Waals surface area contributed by atoms with Crippen LogP contribution >= 0.6 is 0 Å². The molecule has 0 aliphatic heterocycles. The van der Waals surface area contributed by atoms with E-state index in [0.29, 0.717) is 0 Å². The topological polar surface area (TPSA) is 16.6 Å². The van der Waals surface area contributed by atoms with E-state index in [1.54, 1.807) is 0 Å². The van der Waals surface area contributed by atoms with Crippen LogP contribution < -0.4 is 17.7 Å². The van der Waals surface area contributed by atoms with Gasteiger partial charge in [0.25, 0.3) is 0 Å². The second kappa shape index (κ2) is 29.5. The third-order valence-corrected chi connectivity index (χ3v) is 6.02. The Hall–Kier alpha value is 0.250. The van der Waals surface area contributed by atoms with Crippen molar-refractivity contribution in [3.63, 3.8) is 0 Å². The summed E-state index contributed by atoms with van der Waals surface area (Å²) in [5.74, 6) is 0. The van der Waals surface area contributed by atoms with Gasteiger partial charge in [-0.15, -0.1) is 0 Å². The second-order valence-corrected chi connectivity index (χ2v) is 8.94. The Morgan fingerprint density at radius 1 is 0.321 bits per heavy atom.